The smallest absolute Gasteiger partial charge is 0.264 e. The molecule has 0 saturated heterocycles. The summed E-state index contributed by atoms with van der Waals surface area (Å²) in [7, 11) is -1.56. The molecule has 3 rings (SSSR count). The van der Waals surface area contributed by atoms with Gasteiger partial charge in [-0.05, 0) is 62.2 Å². The summed E-state index contributed by atoms with van der Waals surface area (Å²) in [5.74, 6) is -0.995. The monoisotopic (exact) mass is 585 g/mol. The summed E-state index contributed by atoms with van der Waals surface area (Å²) < 4.78 is 53.2. The number of anilines is 1. The summed E-state index contributed by atoms with van der Waals surface area (Å²) in [6.07, 6.45) is 0.308. The fourth-order valence-corrected chi connectivity index (χ4v) is 5.77. The molecule has 41 heavy (non-hydrogen) atoms. The van der Waals surface area contributed by atoms with E-state index in [1.807, 2.05) is 31.2 Å². The predicted octanol–water partition coefficient (Wildman–Crippen LogP) is 4.29. The Kier molecular flexibility index (Phi) is 10.7. The lowest BCUT2D eigenvalue weighted by Crippen LogP contribution is -2.52. The lowest BCUT2D eigenvalue weighted by atomic mass is 10.1. The third-order valence-electron chi connectivity index (χ3n) is 6.55. The van der Waals surface area contributed by atoms with Gasteiger partial charge in [0.1, 0.15) is 18.4 Å². The summed E-state index contributed by atoms with van der Waals surface area (Å²) in [6.45, 7) is 5.33. The first-order valence-corrected chi connectivity index (χ1v) is 14.6. The van der Waals surface area contributed by atoms with Crippen LogP contribution in [0, 0.1) is 12.7 Å². The molecule has 2 amide bonds. The highest BCUT2D eigenvalue weighted by molar-refractivity contribution is 7.92. The molecule has 1 unspecified atom stereocenters. The van der Waals surface area contributed by atoms with E-state index in [1.165, 1.54) is 49.5 Å². The highest BCUT2D eigenvalue weighted by atomic mass is 32.2. The van der Waals surface area contributed by atoms with Crippen LogP contribution in [-0.2, 0) is 26.2 Å². The second-order valence-corrected chi connectivity index (χ2v) is 11.2. The second-order valence-electron chi connectivity index (χ2n) is 9.33. The Morgan fingerprint density at radius 2 is 1.56 bits per heavy atom. The van der Waals surface area contributed by atoms with Crippen LogP contribution in [0.2, 0.25) is 0 Å². The average Bonchev–Trinajstić information content (AvgIpc) is 2.96. The van der Waals surface area contributed by atoms with E-state index in [9.17, 15) is 22.4 Å². The topological polar surface area (TPSA) is 105 Å². The van der Waals surface area contributed by atoms with Crippen LogP contribution in [0.5, 0.6) is 11.5 Å². The predicted molar refractivity (Wildman–Crippen MR) is 155 cm³/mol. The molecule has 220 valence electrons. The van der Waals surface area contributed by atoms with E-state index in [0.717, 1.165) is 27.6 Å². The van der Waals surface area contributed by atoms with Crippen molar-refractivity contribution in [3.05, 3.63) is 83.7 Å². The van der Waals surface area contributed by atoms with E-state index in [2.05, 4.69) is 5.32 Å². The van der Waals surface area contributed by atoms with Crippen LogP contribution in [0.1, 0.15) is 31.4 Å². The first-order chi connectivity index (χ1) is 19.5. The molecule has 1 atom stereocenters. The number of nitrogens with zero attached hydrogens (tertiary/aromatic N) is 2. The molecule has 3 aromatic carbocycles. The number of likely N-dealkylation sites (N-methyl/N-ethyl adjacent to an activating group) is 1. The van der Waals surface area contributed by atoms with Gasteiger partial charge in [-0.3, -0.25) is 13.9 Å². The SMILES string of the molecule is CCNC(=O)C(CC)N(Cc1ccc(C)cc1)C(=O)CN(c1ccc(F)cc1)S(=O)(=O)c1ccc(OC)c(OC)c1. The molecule has 3 aromatic rings. The molecule has 0 aliphatic rings. The molecular weight excluding hydrogens is 549 g/mol. The maximum Gasteiger partial charge on any atom is 0.264 e. The number of ether oxygens (including phenoxy) is 2. The number of benzene rings is 3. The number of aryl methyl sites for hydroxylation is 1. The molecule has 11 heteroatoms. The van der Waals surface area contributed by atoms with Crippen LogP contribution in [0.3, 0.4) is 0 Å². The van der Waals surface area contributed by atoms with Gasteiger partial charge in [-0.2, -0.15) is 0 Å². The summed E-state index contributed by atoms with van der Waals surface area (Å²) in [4.78, 5) is 28.2. The summed E-state index contributed by atoms with van der Waals surface area (Å²) >= 11 is 0. The standard InChI is InChI=1S/C30H36FN3O6S/c1-6-26(30(36)32-7-2)33(19-22-10-8-21(3)9-11-22)29(35)20-34(24-14-12-23(31)13-15-24)41(37,38)25-16-17-27(39-4)28(18-25)40-5/h8-18,26H,6-7,19-20H2,1-5H3,(H,32,36). The number of hydrogen-bond acceptors (Lipinski definition) is 6. The molecule has 9 nitrogen and oxygen atoms in total. The van der Waals surface area contributed by atoms with Gasteiger partial charge in [0.05, 0.1) is 24.8 Å². The number of hydrogen-bond donors (Lipinski definition) is 1. The minimum atomic E-state index is -4.37. The largest absolute Gasteiger partial charge is 0.493 e. The molecular formula is C30H36FN3O6S. The van der Waals surface area contributed by atoms with Gasteiger partial charge in [0.25, 0.3) is 10.0 Å². The molecule has 0 bridgehead atoms. The number of methoxy groups -OCH3 is 2. The van der Waals surface area contributed by atoms with E-state index in [4.69, 9.17) is 9.47 Å². The zero-order valence-corrected chi connectivity index (χ0v) is 24.7. The van der Waals surface area contributed by atoms with Crippen LogP contribution in [-0.4, -0.2) is 58.5 Å². The van der Waals surface area contributed by atoms with Gasteiger partial charge >= 0.3 is 0 Å². The summed E-state index contributed by atoms with van der Waals surface area (Å²) in [5.41, 5.74) is 1.89. The highest BCUT2D eigenvalue weighted by Gasteiger charge is 2.34. The summed E-state index contributed by atoms with van der Waals surface area (Å²) in [6, 6.07) is 15.6. The quantitative estimate of drug-likeness (QED) is 0.321. The van der Waals surface area contributed by atoms with Gasteiger partial charge in [-0.15, -0.1) is 0 Å². The number of amides is 2. The Morgan fingerprint density at radius 1 is 0.927 bits per heavy atom. The minimum absolute atomic E-state index is 0.0795. The summed E-state index contributed by atoms with van der Waals surface area (Å²) in [5, 5.41) is 2.77. The van der Waals surface area contributed by atoms with E-state index in [1.54, 1.807) is 13.8 Å². The molecule has 0 aliphatic carbocycles. The first kappa shape index (κ1) is 31.4. The van der Waals surface area contributed by atoms with Crippen molar-refractivity contribution >= 4 is 27.5 Å². The number of sulfonamides is 1. The number of carbonyl (C=O) groups is 2. The first-order valence-electron chi connectivity index (χ1n) is 13.2. The Hall–Kier alpha value is -4.12. The van der Waals surface area contributed by atoms with Crippen molar-refractivity contribution in [1.29, 1.82) is 0 Å². The van der Waals surface area contributed by atoms with Crippen molar-refractivity contribution in [3.8, 4) is 11.5 Å². The number of carbonyl (C=O) groups excluding carboxylic acids is 2. The molecule has 1 N–H and O–H groups in total. The average molecular weight is 586 g/mol. The molecule has 0 saturated carbocycles. The Labute approximate surface area is 240 Å². The molecule has 0 fully saturated rings. The van der Waals surface area contributed by atoms with Gasteiger partial charge < -0.3 is 19.7 Å². The van der Waals surface area contributed by atoms with Crippen molar-refractivity contribution in [2.75, 3.05) is 31.6 Å². The van der Waals surface area contributed by atoms with Gasteiger partial charge in [0.2, 0.25) is 11.8 Å². The van der Waals surface area contributed by atoms with Gasteiger partial charge in [-0.1, -0.05) is 36.8 Å². The normalized spacial score (nSPS) is 11.9. The zero-order valence-electron chi connectivity index (χ0n) is 23.9. The van der Waals surface area contributed by atoms with Gasteiger partial charge in [-0.25, -0.2) is 12.8 Å². The highest BCUT2D eigenvalue weighted by Crippen LogP contribution is 2.32. The molecule has 0 aromatic heterocycles. The van der Waals surface area contributed by atoms with Crippen molar-refractivity contribution in [1.82, 2.24) is 10.2 Å². The van der Waals surface area contributed by atoms with Crippen molar-refractivity contribution in [2.45, 2.75) is 44.7 Å². The van der Waals surface area contributed by atoms with E-state index in [-0.39, 0.29) is 28.8 Å². The van der Waals surface area contributed by atoms with Crippen LogP contribution >= 0.6 is 0 Å². The Bertz CT molecular complexity index is 1450. The number of halogens is 1. The third-order valence-corrected chi connectivity index (χ3v) is 8.32. The molecule has 0 radical (unpaired) electrons. The van der Waals surface area contributed by atoms with E-state index < -0.39 is 34.3 Å². The van der Waals surface area contributed by atoms with Crippen LogP contribution in [0.15, 0.2) is 71.6 Å². The van der Waals surface area contributed by atoms with Crippen molar-refractivity contribution in [3.63, 3.8) is 0 Å². The van der Waals surface area contributed by atoms with Crippen LogP contribution in [0.4, 0.5) is 10.1 Å². The zero-order chi connectivity index (χ0) is 30.2. The molecule has 0 spiro atoms. The van der Waals surface area contributed by atoms with Crippen LogP contribution in [0.25, 0.3) is 0 Å². The van der Waals surface area contributed by atoms with Gasteiger partial charge in [0.15, 0.2) is 11.5 Å². The number of rotatable bonds is 13. The fourth-order valence-electron chi connectivity index (χ4n) is 4.34. The maximum absolute atomic E-state index is 14.0. The lowest BCUT2D eigenvalue weighted by molar-refractivity contribution is -0.140. The van der Waals surface area contributed by atoms with Crippen LogP contribution < -0.4 is 19.1 Å². The van der Waals surface area contributed by atoms with Crippen molar-refractivity contribution in [2.24, 2.45) is 0 Å². The molecule has 0 heterocycles. The minimum Gasteiger partial charge on any atom is -0.493 e. The van der Waals surface area contributed by atoms with Gasteiger partial charge in [0, 0.05) is 19.2 Å². The Balaban J connectivity index is 2.09. The van der Waals surface area contributed by atoms with E-state index in [0.29, 0.717) is 18.7 Å². The van der Waals surface area contributed by atoms with Crippen molar-refractivity contribution < 1.29 is 31.9 Å². The van der Waals surface area contributed by atoms with E-state index >= 15 is 0 Å². The lowest BCUT2D eigenvalue weighted by Gasteiger charge is -2.33. The number of nitrogens with one attached hydrogen (secondary N) is 1. The fraction of sp³-hybridized carbons (Fsp3) is 0.333. The second kappa shape index (κ2) is 14.0. The Morgan fingerprint density at radius 3 is 2.12 bits per heavy atom. The maximum atomic E-state index is 14.0. The third kappa shape index (κ3) is 7.55. The molecule has 0 aliphatic heterocycles.